The molecule has 0 aliphatic heterocycles. The molecule has 3 aromatic carbocycles. The summed E-state index contributed by atoms with van der Waals surface area (Å²) in [5.74, 6) is 2.94. The average Bonchev–Trinajstić information content (AvgIpc) is 3.31. The Bertz CT molecular complexity index is 1270. The standard InChI is InChI=1S/C26H23ClN2O4/c1-17-4-9-21(10-5-17)32-16-19-14-18(6-11-23(19)30-2)7-13-25-28-26(29-33-25)22-15-20(27)8-12-24(22)31-3/h4-15H,16H2,1-3H3/b13-7-. The van der Waals surface area contributed by atoms with Gasteiger partial charge in [-0.3, -0.25) is 0 Å². The van der Waals surface area contributed by atoms with Crippen LogP contribution in [0.25, 0.3) is 23.5 Å². The van der Waals surface area contributed by atoms with Gasteiger partial charge in [-0.15, -0.1) is 0 Å². The van der Waals surface area contributed by atoms with Crippen molar-refractivity contribution in [2.75, 3.05) is 14.2 Å². The fourth-order valence-corrected chi connectivity index (χ4v) is 3.42. The van der Waals surface area contributed by atoms with E-state index in [9.17, 15) is 0 Å². The van der Waals surface area contributed by atoms with Gasteiger partial charge in [-0.2, -0.15) is 4.98 Å². The van der Waals surface area contributed by atoms with Crippen LogP contribution in [0.4, 0.5) is 0 Å². The first-order chi connectivity index (χ1) is 16.1. The minimum atomic E-state index is 0.361. The Morgan fingerprint density at radius 1 is 0.909 bits per heavy atom. The number of rotatable bonds is 8. The van der Waals surface area contributed by atoms with Gasteiger partial charge in [0, 0.05) is 16.7 Å². The second kappa shape index (κ2) is 10.2. The van der Waals surface area contributed by atoms with E-state index in [1.54, 1.807) is 38.5 Å². The smallest absolute Gasteiger partial charge is 0.250 e. The Kier molecular flexibility index (Phi) is 6.95. The van der Waals surface area contributed by atoms with Gasteiger partial charge in [-0.05, 0) is 61.0 Å². The number of halogens is 1. The summed E-state index contributed by atoms with van der Waals surface area (Å²) in [6.45, 7) is 2.42. The molecule has 0 N–H and O–H groups in total. The van der Waals surface area contributed by atoms with E-state index in [1.165, 1.54) is 5.56 Å². The van der Waals surface area contributed by atoms with Gasteiger partial charge in [0.1, 0.15) is 23.9 Å². The number of ether oxygens (including phenoxy) is 3. The first kappa shape index (κ1) is 22.4. The van der Waals surface area contributed by atoms with Crippen LogP contribution >= 0.6 is 11.6 Å². The lowest BCUT2D eigenvalue weighted by molar-refractivity contribution is 0.296. The molecule has 0 bridgehead atoms. The van der Waals surface area contributed by atoms with Crippen LogP contribution in [-0.2, 0) is 6.61 Å². The average molecular weight is 463 g/mol. The van der Waals surface area contributed by atoms with Crippen LogP contribution in [-0.4, -0.2) is 24.4 Å². The maximum absolute atomic E-state index is 6.11. The number of benzene rings is 3. The van der Waals surface area contributed by atoms with E-state index in [2.05, 4.69) is 10.1 Å². The van der Waals surface area contributed by atoms with Crippen LogP contribution in [0.15, 0.2) is 65.2 Å². The molecule has 0 atom stereocenters. The summed E-state index contributed by atoms with van der Waals surface area (Å²) in [6.07, 6.45) is 3.64. The van der Waals surface area contributed by atoms with E-state index in [4.69, 9.17) is 30.3 Å². The fraction of sp³-hybridized carbons (Fsp3) is 0.154. The van der Waals surface area contributed by atoms with Gasteiger partial charge in [-0.1, -0.05) is 40.5 Å². The van der Waals surface area contributed by atoms with Crippen LogP contribution in [0.2, 0.25) is 5.02 Å². The van der Waals surface area contributed by atoms with E-state index >= 15 is 0 Å². The Labute approximate surface area is 197 Å². The van der Waals surface area contributed by atoms with Crippen molar-refractivity contribution >= 4 is 23.8 Å². The Balaban J connectivity index is 1.51. The minimum Gasteiger partial charge on any atom is -0.496 e. The van der Waals surface area contributed by atoms with Crippen LogP contribution < -0.4 is 14.2 Å². The number of aryl methyl sites for hydroxylation is 1. The molecule has 0 fully saturated rings. The number of hydrogen-bond acceptors (Lipinski definition) is 6. The molecule has 168 valence electrons. The molecule has 4 aromatic rings. The van der Waals surface area contributed by atoms with E-state index in [0.717, 1.165) is 22.6 Å². The fourth-order valence-electron chi connectivity index (χ4n) is 3.25. The summed E-state index contributed by atoms with van der Waals surface area (Å²) in [5, 5.41) is 4.61. The van der Waals surface area contributed by atoms with Gasteiger partial charge in [0.15, 0.2) is 0 Å². The lowest BCUT2D eigenvalue weighted by Gasteiger charge is -2.11. The van der Waals surface area contributed by atoms with Crippen LogP contribution in [0.1, 0.15) is 22.6 Å². The number of hydrogen-bond donors (Lipinski definition) is 0. The highest BCUT2D eigenvalue weighted by atomic mass is 35.5. The summed E-state index contributed by atoms with van der Waals surface area (Å²) in [4.78, 5) is 4.43. The van der Waals surface area contributed by atoms with E-state index in [0.29, 0.717) is 34.7 Å². The SMILES string of the molecule is COc1ccc(/C=C\c2nc(-c3cc(Cl)ccc3OC)no2)cc1COc1ccc(C)cc1. The maximum Gasteiger partial charge on any atom is 0.250 e. The summed E-state index contributed by atoms with van der Waals surface area (Å²) in [6, 6.07) is 19.0. The molecule has 0 unspecified atom stereocenters. The van der Waals surface area contributed by atoms with Gasteiger partial charge >= 0.3 is 0 Å². The predicted octanol–water partition coefficient (Wildman–Crippen LogP) is 6.47. The highest BCUT2D eigenvalue weighted by Gasteiger charge is 2.13. The van der Waals surface area contributed by atoms with Crippen molar-refractivity contribution in [3.05, 3.63) is 88.3 Å². The maximum atomic E-state index is 6.11. The predicted molar refractivity (Wildman–Crippen MR) is 129 cm³/mol. The third-order valence-corrected chi connectivity index (χ3v) is 5.22. The highest BCUT2D eigenvalue weighted by molar-refractivity contribution is 6.30. The second-order valence-corrected chi connectivity index (χ2v) is 7.74. The van der Waals surface area contributed by atoms with E-state index < -0.39 is 0 Å². The molecule has 0 saturated heterocycles. The topological polar surface area (TPSA) is 66.6 Å². The number of aromatic nitrogens is 2. The molecule has 6 nitrogen and oxygen atoms in total. The monoisotopic (exact) mass is 462 g/mol. The normalized spacial score (nSPS) is 11.0. The van der Waals surface area contributed by atoms with E-state index in [1.807, 2.05) is 55.5 Å². The highest BCUT2D eigenvalue weighted by Crippen LogP contribution is 2.31. The van der Waals surface area contributed by atoms with Gasteiger partial charge in [0.25, 0.3) is 5.89 Å². The van der Waals surface area contributed by atoms with Crippen molar-refractivity contribution in [3.63, 3.8) is 0 Å². The molecule has 0 amide bonds. The van der Waals surface area contributed by atoms with Gasteiger partial charge < -0.3 is 18.7 Å². The molecule has 1 heterocycles. The summed E-state index contributed by atoms with van der Waals surface area (Å²) in [7, 11) is 3.22. The number of methoxy groups -OCH3 is 2. The van der Waals surface area contributed by atoms with Crippen molar-refractivity contribution in [2.24, 2.45) is 0 Å². The third kappa shape index (κ3) is 5.54. The molecule has 1 aromatic heterocycles. The molecule has 0 aliphatic carbocycles. The largest absolute Gasteiger partial charge is 0.496 e. The lowest BCUT2D eigenvalue weighted by atomic mass is 10.1. The summed E-state index contributed by atoms with van der Waals surface area (Å²) in [5.41, 5.74) is 3.71. The zero-order chi connectivity index (χ0) is 23.2. The second-order valence-electron chi connectivity index (χ2n) is 7.31. The first-order valence-corrected chi connectivity index (χ1v) is 10.7. The quantitative estimate of drug-likeness (QED) is 0.299. The Morgan fingerprint density at radius 2 is 1.67 bits per heavy atom. The molecule has 0 aliphatic rings. The molecular formula is C26H23ClN2O4. The van der Waals surface area contributed by atoms with Gasteiger partial charge in [0.05, 0.1) is 19.8 Å². The molecule has 7 heteroatoms. The lowest BCUT2D eigenvalue weighted by Crippen LogP contribution is -1.99. The Hall–Kier alpha value is -3.77. The minimum absolute atomic E-state index is 0.361. The van der Waals surface area contributed by atoms with Crippen LogP contribution in [0, 0.1) is 6.92 Å². The van der Waals surface area contributed by atoms with Gasteiger partial charge in [0.2, 0.25) is 5.82 Å². The summed E-state index contributed by atoms with van der Waals surface area (Å²) >= 11 is 6.11. The van der Waals surface area contributed by atoms with Crippen molar-refractivity contribution in [2.45, 2.75) is 13.5 Å². The Morgan fingerprint density at radius 3 is 2.42 bits per heavy atom. The molecule has 0 spiro atoms. The van der Waals surface area contributed by atoms with Gasteiger partial charge in [-0.25, -0.2) is 0 Å². The summed E-state index contributed by atoms with van der Waals surface area (Å²) < 4.78 is 22.2. The molecule has 0 saturated carbocycles. The van der Waals surface area contributed by atoms with Crippen molar-refractivity contribution in [1.29, 1.82) is 0 Å². The number of nitrogens with zero attached hydrogens (tertiary/aromatic N) is 2. The molecule has 0 radical (unpaired) electrons. The molecule has 4 rings (SSSR count). The third-order valence-electron chi connectivity index (χ3n) is 4.98. The van der Waals surface area contributed by atoms with Crippen molar-refractivity contribution < 1.29 is 18.7 Å². The first-order valence-electron chi connectivity index (χ1n) is 10.3. The van der Waals surface area contributed by atoms with Crippen molar-refractivity contribution in [1.82, 2.24) is 10.1 Å². The van der Waals surface area contributed by atoms with Crippen molar-refractivity contribution in [3.8, 4) is 28.6 Å². The van der Waals surface area contributed by atoms with Crippen LogP contribution in [0.3, 0.4) is 0 Å². The molecule has 33 heavy (non-hydrogen) atoms. The zero-order valence-corrected chi connectivity index (χ0v) is 19.3. The van der Waals surface area contributed by atoms with Crippen LogP contribution in [0.5, 0.6) is 17.2 Å². The molecular weight excluding hydrogens is 440 g/mol. The zero-order valence-electron chi connectivity index (χ0n) is 18.5. The van der Waals surface area contributed by atoms with E-state index in [-0.39, 0.29) is 0 Å².